The summed E-state index contributed by atoms with van der Waals surface area (Å²) in [7, 11) is 1.65. The molecule has 21 heavy (non-hydrogen) atoms. The molecular formula is C14H23NO6. The highest BCUT2D eigenvalue weighted by Crippen LogP contribution is 2.43. The Hall–Kier alpha value is -0.730. The topological polar surface area (TPSA) is 67.7 Å². The lowest BCUT2D eigenvalue weighted by Gasteiger charge is -2.42. The van der Waals surface area contributed by atoms with Gasteiger partial charge in [0.25, 0.3) is 0 Å². The second-order valence-corrected chi connectivity index (χ2v) is 5.66. The highest BCUT2D eigenvalue weighted by molar-refractivity contribution is 5.95. The quantitative estimate of drug-likeness (QED) is 0.533. The zero-order valence-corrected chi connectivity index (χ0v) is 12.6. The minimum atomic E-state index is -0.697. The van der Waals surface area contributed by atoms with E-state index in [0.717, 1.165) is 12.1 Å². The molecule has 120 valence electrons. The van der Waals surface area contributed by atoms with E-state index in [0.29, 0.717) is 33.0 Å². The van der Waals surface area contributed by atoms with Gasteiger partial charge in [-0.05, 0) is 5.92 Å². The predicted molar refractivity (Wildman–Crippen MR) is 72.9 cm³/mol. The van der Waals surface area contributed by atoms with Gasteiger partial charge in [-0.15, -0.1) is 0 Å². The van der Waals surface area contributed by atoms with Crippen LogP contribution >= 0.6 is 0 Å². The first-order valence-electron chi connectivity index (χ1n) is 7.43. The van der Waals surface area contributed by atoms with Gasteiger partial charge >= 0.3 is 0 Å². The lowest BCUT2D eigenvalue weighted by molar-refractivity contribution is -0.170. The van der Waals surface area contributed by atoms with E-state index in [2.05, 4.69) is 12.1 Å². The Morgan fingerprint density at radius 3 is 2.86 bits per heavy atom. The summed E-state index contributed by atoms with van der Waals surface area (Å²) in [5.41, 5.74) is 0.833. The molecule has 0 unspecified atom stereocenters. The molecule has 3 rings (SSSR count). The summed E-state index contributed by atoms with van der Waals surface area (Å²) >= 11 is 0. The molecular weight excluding hydrogens is 278 g/mol. The number of methoxy groups -OCH3 is 1. The Bertz CT molecular complexity index is 382. The molecule has 0 bridgehead atoms. The van der Waals surface area contributed by atoms with Crippen molar-refractivity contribution in [1.29, 1.82) is 0 Å². The van der Waals surface area contributed by atoms with E-state index in [1.807, 2.05) is 0 Å². The van der Waals surface area contributed by atoms with Crippen molar-refractivity contribution in [3.05, 3.63) is 0 Å². The van der Waals surface area contributed by atoms with Crippen LogP contribution in [0.2, 0.25) is 0 Å². The molecule has 7 nitrogen and oxygen atoms in total. The molecule has 0 aromatic rings. The summed E-state index contributed by atoms with van der Waals surface area (Å²) in [5, 5.41) is 4.16. The van der Waals surface area contributed by atoms with Crippen LogP contribution in [-0.2, 0) is 28.5 Å². The first-order valence-corrected chi connectivity index (χ1v) is 7.43. The van der Waals surface area contributed by atoms with E-state index >= 15 is 0 Å². The average molecular weight is 301 g/mol. The van der Waals surface area contributed by atoms with E-state index in [4.69, 9.17) is 28.5 Å². The van der Waals surface area contributed by atoms with Gasteiger partial charge < -0.3 is 28.5 Å². The fourth-order valence-corrected chi connectivity index (χ4v) is 3.31. The zero-order valence-electron chi connectivity index (χ0n) is 12.6. The van der Waals surface area contributed by atoms with Gasteiger partial charge in [0.1, 0.15) is 19.1 Å². The highest BCUT2D eigenvalue weighted by atomic mass is 16.7. The van der Waals surface area contributed by atoms with Gasteiger partial charge in [-0.3, -0.25) is 0 Å². The lowest BCUT2D eigenvalue weighted by Crippen LogP contribution is -2.55. The standard InChI is InChI=1S/C14H23NO6/c1-10-7-14(19-5-6-20-14)13-11(8-21-15-13)12(10)18-9-17-4-3-16-2/h10-12H,3-9H2,1-2H3/t10-,11-,12+/m1/s1. The Morgan fingerprint density at radius 2 is 2.10 bits per heavy atom. The lowest BCUT2D eigenvalue weighted by atomic mass is 9.75. The summed E-state index contributed by atoms with van der Waals surface area (Å²) in [4.78, 5) is 5.29. The van der Waals surface area contributed by atoms with Crippen molar-refractivity contribution in [3.8, 4) is 0 Å². The van der Waals surface area contributed by atoms with E-state index < -0.39 is 5.79 Å². The van der Waals surface area contributed by atoms with Crippen molar-refractivity contribution in [1.82, 2.24) is 0 Å². The molecule has 3 atom stereocenters. The number of ether oxygens (including phenoxy) is 5. The van der Waals surface area contributed by atoms with Crippen LogP contribution in [0.5, 0.6) is 0 Å². The molecule has 7 heteroatoms. The van der Waals surface area contributed by atoms with Gasteiger partial charge in [0.2, 0.25) is 5.79 Å². The summed E-state index contributed by atoms with van der Waals surface area (Å²) in [6.07, 6.45) is 0.737. The number of oxime groups is 1. The Kier molecular flexibility index (Phi) is 4.75. The number of hydrogen-bond acceptors (Lipinski definition) is 7. The molecule has 1 saturated heterocycles. The van der Waals surface area contributed by atoms with Gasteiger partial charge in [0.05, 0.1) is 38.4 Å². The maximum atomic E-state index is 5.91. The first kappa shape index (κ1) is 15.2. The van der Waals surface area contributed by atoms with Crippen molar-refractivity contribution in [2.75, 3.05) is 46.9 Å². The Labute approximate surface area is 124 Å². The van der Waals surface area contributed by atoms with Gasteiger partial charge in [0.15, 0.2) is 0 Å². The number of fused-ring (bicyclic) bond motifs is 2. The average Bonchev–Trinajstić information content (AvgIpc) is 3.11. The summed E-state index contributed by atoms with van der Waals surface area (Å²) < 4.78 is 27.9. The monoisotopic (exact) mass is 301 g/mol. The van der Waals surface area contributed by atoms with Crippen LogP contribution in [0.3, 0.4) is 0 Å². The van der Waals surface area contributed by atoms with Gasteiger partial charge in [-0.25, -0.2) is 0 Å². The van der Waals surface area contributed by atoms with Crippen LogP contribution in [0, 0.1) is 11.8 Å². The van der Waals surface area contributed by atoms with Crippen molar-refractivity contribution < 1.29 is 28.5 Å². The number of rotatable bonds is 6. The molecule has 1 spiro atoms. The largest absolute Gasteiger partial charge is 0.395 e. The van der Waals surface area contributed by atoms with E-state index in [1.165, 1.54) is 0 Å². The molecule has 0 amide bonds. The third-order valence-corrected chi connectivity index (χ3v) is 4.24. The zero-order chi connectivity index (χ0) is 14.7. The van der Waals surface area contributed by atoms with E-state index in [9.17, 15) is 0 Å². The van der Waals surface area contributed by atoms with E-state index in [-0.39, 0.29) is 24.7 Å². The summed E-state index contributed by atoms with van der Waals surface area (Å²) in [6.45, 7) is 5.19. The van der Waals surface area contributed by atoms with Crippen molar-refractivity contribution in [2.24, 2.45) is 17.0 Å². The molecule has 2 heterocycles. The maximum absolute atomic E-state index is 5.91. The van der Waals surface area contributed by atoms with Crippen molar-refractivity contribution >= 4 is 5.71 Å². The predicted octanol–water partition coefficient (Wildman–Crippen LogP) is 0.777. The second kappa shape index (κ2) is 6.58. The fraction of sp³-hybridized carbons (Fsp3) is 0.929. The van der Waals surface area contributed by atoms with Crippen molar-refractivity contribution in [3.63, 3.8) is 0 Å². The Balaban J connectivity index is 1.60. The van der Waals surface area contributed by atoms with Gasteiger partial charge in [-0.1, -0.05) is 12.1 Å². The van der Waals surface area contributed by atoms with Gasteiger partial charge in [0, 0.05) is 13.5 Å². The van der Waals surface area contributed by atoms with Crippen LogP contribution in [0.4, 0.5) is 0 Å². The molecule has 0 radical (unpaired) electrons. The molecule has 0 aromatic carbocycles. The van der Waals surface area contributed by atoms with E-state index in [1.54, 1.807) is 7.11 Å². The molecule has 3 aliphatic rings. The smallest absolute Gasteiger partial charge is 0.212 e. The normalized spacial score (nSPS) is 33.8. The van der Waals surface area contributed by atoms with Gasteiger partial charge in [-0.2, -0.15) is 0 Å². The third-order valence-electron chi connectivity index (χ3n) is 4.24. The van der Waals surface area contributed by atoms with Crippen molar-refractivity contribution in [2.45, 2.75) is 25.2 Å². The van der Waals surface area contributed by atoms with Crippen LogP contribution < -0.4 is 0 Å². The minimum Gasteiger partial charge on any atom is -0.395 e. The van der Waals surface area contributed by atoms with Crippen LogP contribution in [0.25, 0.3) is 0 Å². The number of nitrogens with zero attached hydrogens (tertiary/aromatic N) is 1. The van der Waals surface area contributed by atoms with Crippen LogP contribution in [-0.4, -0.2) is 64.5 Å². The molecule has 0 N–H and O–H groups in total. The van der Waals surface area contributed by atoms with Crippen LogP contribution in [0.15, 0.2) is 5.16 Å². The highest BCUT2D eigenvalue weighted by Gasteiger charge is 2.56. The number of hydrogen-bond donors (Lipinski definition) is 0. The first-order chi connectivity index (χ1) is 10.3. The SMILES string of the molecule is COCCOCO[C@H]1[C@H](C)CC2(OCCO2)C2=NOC[C@@H]21. The second-order valence-electron chi connectivity index (χ2n) is 5.66. The van der Waals surface area contributed by atoms with Crippen LogP contribution in [0.1, 0.15) is 13.3 Å². The molecule has 1 saturated carbocycles. The molecule has 2 aliphatic heterocycles. The summed E-state index contributed by atoms with van der Waals surface area (Å²) in [6, 6.07) is 0. The summed E-state index contributed by atoms with van der Waals surface area (Å²) in [5.74, 6) is -0.352. The Morgan fingerprint density at radius 1 is 1.29 bits per heavy atom. The molecule has 0 aromatic heterocycles. The molecule has 2 fully saturated rings. The molecule has 1 aliphatic carbocycles. The third kappa shape index (κ3) is 2.93. The maximum Gasteiger partial charge on any atom is 0.212 e. The fourth-order valence-electron chi connectivity index (χ4n) is 3.31. The minimum absolute atomic E-state index is 0.00669.